The van der Waals surface area contributed by atoms with E-state index in [-0.39, 0.29) is 17.5 Å². The fourth-order valence-corrected chi connectivity index (χ4v) is 4.23. The van der Waals surface area contributed by atoms with Gasteiger partial charge in [0, 0.05) is 37.3 Å². The molecule has 1 amide bonds. The lowest BCUT2D eigenvalue weighted by Crippen LogP contribution is -2.46. The summed E-state index contributed by atoms with van der Waals surface area (Å²) in [6.45, 7) is 10.7. The van der Waals surface area contributed by atoms with E-state index < -0.39 is 10.7 Å². The summed E-state index contributed by atoms with van der Waals surface area (Å²) in [5.41, 5.74) is 2.93. The summed E-state index contributed by atoms with van der Waals surface area (Å²) in [4.78, 5) is 32.5. The predicted molar refractivity (Wildman–Crippen MR) is 128 cm³/mol. The van der Waals surface area contributed by atoms with Crippen LogP contribution < -0.4 is 10.2 Å². The molecule has 0 saturated carbocycles. The number of aromatic nitrogens is 3. The number of rotatable bonds is 6. The Labute approximate surface area is 196 Å². The number of hydrogen-bond donors (Lipinski definition) is 1. The van der Waals surface area contributed by atoms with Gasteiger partial charge in [-0.05, 0) is 55.1 Å². The number of piperazine rings is 1. The second kappa shape index (κ2) is 9.32. The Kier molecular flexibility index (Phi) is 6.48. The average Bonchev–Trinajstić information content (AvgIpc) is 3.08. The number of carbonyl (C=O) groups is 1. The highest BCUT2D eigenvalue weighted by Crippen LogP contribution is 2.27. The number of carbonyl (C=O) groups excluding carboxylic acids is 1. The van der Waals surface area contributed by atoms with Crippen LogP contribution in [0.5, 0.6) is 0 Å². The van der Waals surface area contributed by atoms with Gasteiger partial charge in [-0.15, -0.1) is 0 Å². The molecule has 0 bridgehead atoms. The third-order valence-electron chi connectivity index (χ3n) is 6.01. The molecule has 11 heteroatoms. The van der Waals surface area contributed by atoms with Crippen LogP contribution in [0, 0.1) is 24.0 Å². The van der Waals surface area contributed by atoms with Crippen molar-refractivity contribution in [1.82, 2.24) is 19.7 Å². The summed E-state index contributed by atoms with van der Waals surface area (Å²) in [5.74, 6) is 0.156. The number of amides is 1. The number of halogens is 1. The second-order valence-electron chi connectivity index (χ2n) is 8.14. The van der Waals surface area contributed by atoms with Crippen molar-refractivity contribution in [2.75, 3.05) is 42.9 Å². The van der Waals surface area contributed by atoms with E-state index in [9.17, 15) is 14.9 Å². The molecular weight excluding hydrogens is 446 g/mol. The zero-order chi connectivity index (χ0) is 23.7. The Morgan fingerprint density at radius 1 is 1.21 bits per heavy atom. The van der Waals surface area contributed by atoms with Gasteiger partial charge in [0.2, 0.25) is 5.91 Å². The lowest BCUT2D eigenvalue weighted by Gasteiger charge is -2.35. The van der Waals surface area contributed by atoms with Crippen LogP contribution in [0.25, 0.3) is 10.9 Å². The number of nitrogens with zero attached hydrogens (tertiary/aromatic N) is 6. The fourth-order valence-electron chi connectivity index (χ4n) is 4.02. The number of aryl methyl sites for hydroxylation is 1. The summed E-state index contributed by atoms with van der Waals surface area (Å²) in [6.07, 6.45) is 0. The van der Waals surface area contributed by atoms with Crippen LogP contribution in [0.1, 0.15) is 18.2 Å². The summed E-state index contributed by atoms with van der Waals surface area (Å²) in [7, 11) is 0. The van der Waals surface area contributed by atoms with Crippen LogP contribution in [-0.2, 0) is 11.3 Å². The van der Waals surface area contributed by atoms with Gasteiger partial charge >= 0.3 is 5.82 Å². The van der Waals surface area contributed by atoms with Gasteiger partial charge in [0.15, 0.2) is 5.02 Å². The highest BCUT2D eigenvalue weighted by molar-refractivity contribution is 6.33. The van der Waals surface area contributed by atoms with Crippen LogP contribution in [0.2, 0.25) is 5.02 Å². The Hall–Kier alpha value is -3.24. The third-order valence-corrected chi connectivity index (χ3v) is 6.45. The smallest absolute Gasteiger partial charge is 0.358 e. The van der Waals surface area contributed by atoms with Gasteiger partial charge in [-0.1, -0.05) is 18.5 Å². The first-order valence-corrected chi connectivity index (χ1v) is 11.2. The van der Waals surface area contributed by atoms with Gasteiger partial charge in [0.25, 0.3) is 0 Å². The van der Waals surface area contributed by atoms with E-state index in [0.717, 1.165) is 55.0 Å². The molecule has 33 heavy (non-hydrogen) atoms. The van der Waals surface area contributed by atoms with Gasteiger partial charge in [0.05, 0.1) is 16.3 Å². The number of nitrogens with one attached hydrogen (secondary N) is 1. The Morgan fingerprint density at radius 3 is 2.58 bits per heavy atom. The molecule has 3 heterocycles. The van der Waals surface area contributed by atoms with Crippen molar-refractivity contribution in [3.63, 3.8) is 0 Å². The first-order valence-electron chi connectivity index (χ1n) is 10.8. The molecule has 0 atom stereocenters. The number of nitro groups is 1. The lowest BCUT2D eigenvalue weighted by molar-refractivity contribution is -0.389. The maximum Gasteiger partial charge on any atom is 0.408 e. The Bertz CT molecular complexity index is 1220. The van der Waals surface area contributed by atoms with E-state index in [1.165, 1.54) is 4.68 Å². The minimum atomic E-state index is -0.666. The molecule has 0 unspecified atom stereocenters. The Balaban J connectivity index is 1.49. The molecule has 0 aliphatic carbocycles. The topological polar surface area (TPSA) is 109 Å². The van der Waals surface area contributed by atoms with Gasteiger partial charge in [-0.25, -0.2) is 4.98 Å². The SMILES string of the molecule is CCN1CCN(c2cc(C)c3cc(NC(=O)Cn4nc([N+](=O)[O-])c(Cl)c4C)ccc3n2)CC1. The molecule has 0 radical (unpaired) electrons. The average molecular weight is 472 g/mol. The largest absolute Gasteiger partial charge is 0.408 e. The molecule has 174 valence electrons. The first kappa shape index (κ1) is 22.9. The van der Waals surface area contributed by atoms with Crippen LogP contribution in [0.3, 0.4) is 0 Å². The number of pyridine rings is 1. The maximum absolute atomic E-state index is 12.5. The van der Waals surface area contributed by atoms with Crippen molar-refractivity contribution >= 4 is 45.7 Å². The second-order valence-corrected chi connectivity index (χ2v) is 8.51. The van der Waals surface area contributed by atoms with E-state index >= 15 is 0 Å². The van der Waals surface area contributed by atoms with Crippen molar-refractivity contribution in [1.29, 1.82) is 0 Å². The van der Waals surface area contributed by atoms with Crippen molar-refractivity contribution in [3.05, 3.63) is 50.7 Å². The quantitative estimate of drug-likeness (QED) is 0.433. The molecule has 1 aliphatic heterocycles. The monoisotopic (exact) mass is 471 g/mol. The van der Waals surface area contributed by atoms with E-state index in [0.29, 0.717) is 11.4 Å². The highest BCUT2D eigenvalue weighted by atomic mass is 35.5. The standard InChI is InChI=1S/C22H26ClN7O3/c1-4-27-7-9-28(10-8-27)19-11-14(2)17-12-16(5-6-18(17)25-19)24-20(31)13-29-15(3)21(23)22(26-29)30(32)33/h5-6,11-12H,4,7-10,13H2,1-3H3,(H,24,31). The lowest BCUT2D eigenvalue weighted by atomic mass is 10.1. The number of anilines is 2. The molecule has 10 nitrogen and oxygen atoms in total. The molecule has 1 aliphatic rings. The van der Waals surface area contributed by atoms with Crippen LogP contribution in [0.4, 0.5) is 17.3 Å². The van der Waals surface area contributed by atoms with E-state index in [1.54, 1.807) is 13.0 Å². The molecule has 1 aromatic carbocycles. The third kappa shape index (κ3) is 4.76. The molecule has 0 spiro atoms. The summed E-state index contributed by atoms with van der Waals surface area (Å²) < 4.78 is 1.23. The van der Waals surface area contributed by atoms with E-state index in [1.807, 2.05) is 19.1 Å². The maximum atomic E-state index is 12.5. The zero-order valence-electron chi connectivity index (χ0n) is 18.8. The van der Waals surface area contributed by atoms with Gasteiger partial charge < -0.3 is 25.2 Å². The minimum absolute atomic E-state index is 0.0629. The van der Waals surface area contributed by atoms with Crippen LogP contribution >= 0.6 is 11.6 Å². The van der Waals surface area contributed by atoms with Crippen LogP contribution in [-0.4, -0.2) is 63.2 Å². The van der Waals surface area contributed by atoms with Crippen molar-refractivity contribution in [2.24, 2.45) is 0 Å². The fraction of sp³-hybridized carbons (Fsp3) is 0.409. The minimum Gasteiger partial charge on any atom is -0.358 e. The number of hydrogen-bond acceptors (Lipinski definition) is 7. The molecule has 2 aromatic heterocycles. The molecule has 1 saturated heterocycles. The van der Waals surface area contributed by atoms with Gasteiger partial charge in [-0.2, -0.15) is 4.68 Å². The molecule has 1 N–H and O–H groups in total. The van der Waals surface area contributed by atoms with Gasteiger partial charge in [0.1, 0.15) is 12.4 Å². The van der Waals surface area contributed by atoms with Crippen molar-refractivity contribution in [3.8, 4) is 0 Å². The normalized spacial score (nSPS) is 14.6. The molecule has 3 aromatic rings. The van der Waals surface area contributed by atoms with Gasteiger partial charge in [-0.3, -0.25) is 4.79 Å². The number of likely N-dealkylation sites (N-methyl/N-ethyl adjacent to an activating group) is 1. The zero-order valence-corrected chi connectivity index (χ0v) is 19.6. The molecular formula is C22H26ClN7O3. The number of benzene rings is 1. The highest BCUT2D eigenvalue weighted by Gasteiger charge is 2.25. The van der Waals surface area contributed by atoms with Crippen molar-refractivity contribution in [2.45, 2.75) is 27.3 Å². The molecule has 1 fully saturated rings. The summed E-state index contributed by atoms with van der Waals surface area (Å²) >= 11 is 5.95. The number of fused-ring (bicyclic) bond motifs is 1. The Morgan fingerprint density at radius 2 is 1.94 bits per heavy atom. The van der Waals surface area contributed by atoms with Crippen LogP contribution in [0.15, 0.2) is 24.3 Å². The summed E-state index contributed by atoms with van der Waals surface area (Å²) in [5, 5.41) is 18.6. The van der Waals surface area contributed by atoms with E-state index in [2.05, 4.69) is 33.2 Å². The predicted octanol–water partition coefficient (Wildman–Crippen LogP) is 3.39. The van der Waals surface area contributed by atoms with Crippen molar-refractivity contribution < 1.29 is 9.72 Å². The van der Waals surface area contributed by atoms with E-state index in [4.69, 9.17) is 16.6 Å². The summed E-state index contributed by atoms with van der Waals surface area (Å²) in [6, 6.07) is 7.67. The first-order chi connectivity index (χ1) is 15.8. The molecule has 4 rings (SSSR count).